The summed E-state index contributed by atoms with van der Waals surface area (Å²) in [6.07, 6.45) is 4.65. The third kappa shape index (κ3) is 7.08. The Balaban J connectivity index is 1.26. The zero-order valence-corrected chi connectivity index (χ0v) is 17.6. The molecule has 0 spiro atoms. The Hall–Kier alpha value is -3.06. The van der Waals surface area contributed by atoms with Gasteiger partial charge in [0.05, 0.1) is 23.2 Å². The predicted octanol–water partition coefficient (Wildman–Crippen LogP) is 4.22. The minimum absolute atomic E-state index is 0.0124. The molecule has 2 amide bonds. The molecule has 3 rings (SSSR count). The lowest BCUT2D eigenvalue weighted by Gasteiger charge is -2.07. The molecule has 30 heavy (non-hydrogen) atoms. The number of thioether (sulfide) groups is 1. The molecular formula is C23H26N4O2S. The van der Waals surface area contributed by atoms with E-state index in [-0.39, 0.29) is 11.8 Å². The zero-order chi connectivity index (χ0) is 21.2. The summed E-state index contributed by atoms with van der Waals surface area (Å²) in [6.45, 7) is 0.622. The molecule has 7 heteroatoms. The fourth-order valence-electron chi connectivity index (χ4n) is 2.94. The van der Waals surface area contributed by atoms with Crippen molar-refractivity contribution in [2.75, 3.05) is 23.3 Å². The number of aromatic nitrogens is 1. The van der Waals surface area contributed by atoms with Crippen molar-refractivity contribution in [3.63, 3.8) is 0 Å². The summed E-state index contributed by atoms with van der Waals surface area (Å²) in [5.74, 6) is 0.376. The van der Waals surface area contributed by atoms with Gasteiger partial charge in [0.25, 0.3) is 0 Å². The Labute approximate surface area is 180 Å². The van der Waals surface area contributed by atoms with E-state index < -0.39 is 0 Å². The van der Waals surface area contributed by atoms with E-state index >= 15 is 0 Å². The number of carbonyl (C=O) groups is 2. The van der Waals surface area contributed by atoms with Gasteiger partial charge in [-0.05, 0) is 49.2 Å². The van der Waals surface area contributed by atoms with Gasteiger partial charge in [0.15, 0.2) is 0 Å². The van der Waals surface area contributed by atoms with Crippen LogP contribution in [0.1, 0.15) is 25.7 Å². The van der Waals surface area contributed by atoms with E-state index in [4.69, 9.17) is 5.73 Å². The number of unbranched alkanes of at least 4 members (excludes halogenated alkanes) is 2. The van der Waals surface area contributed by atoms with Gasteiger partial charge in [0, 0.05) is 28.9 Å². The van der Waals surface area contributed by atoms with Crippen LogP contribution in [0.2, 0.25) is 0 Å². The first-order chi connectivity index (χ1) is 14.6. The van der Waals surface area contributed by atoms with Crippen molar-refractivity contribution in [3.8, 4) is 0 Å². The first-order valence-corrected chi connectivity index (χ1v) is 11.0. The highest BCUT2D eigenvalue weighted by Crippen LogP contribution is 2.19. The van der Waals surface area contributed by atoms with Crippen LogP contribution in [0.3, 0.4) is 0 Å². The molecular weight excluding hydrogens is 396 g/mol. The summed E-state index contributed by atoms with van der Waals surface area (Å²) in [5, 5.41) is 6.81. The minimum Gasteiger partial charge on any atom is -0.399 e. The van der Waals surface area contributed by atoms with Crippen LogP contribution in [0, 0.1) is 0 Å². The number of carbonyl (C=O) groups excluding carboxylic acids is 2. The highest BCUT2D eigenvalue weighted by Gasteiger charge is 2.05. The lowest BCUT2D eigenvalue weighted by molar-refractivity contribution is -0.118. The molecule has 0 aliphatic heterocycles. The molecule has 0 saturated heterocycles. The molecule has 1 heterocycles. The summed E-state index contributed by atoms with van der Waals surface area (Å²) in [4.78, 5) is 29.4. The van der Waals surface area contributed by atoms with Crippen molar-refractivity contribution in [2.45, 2.75) is 30.6 Å². The Morgan fingerprint density at radius 3 is 2.60 bits per heavy atom. The molecule has 156 valence electrons. The fraction of sp³-hybridized carbons (Fsp3) is 0.261. The van der Waals surface area contributed by atoms with Gasteiger partial charge < -0.3 is 16.4 Å². The summed E-state index contributed by atoms with van der Waals surface area (Å²) < 4.78 is 0. The number of rotatable bonds is 10. The second kappa shape index (κ2) is 11.2. The van der Waals surface area contributed by atoms with Gasteiger partial charge in [-0.3, -0.25) is 14.6 Å². The molecule has 0 bridgehead atoms. The molecule has 6 nitrogen and oxygen atoms in total. The lowest BCUT2D eigenvalue weighted by Crippen LogP contribution is -2.26. The lowest BCUT2D eigenvalue weighted by atomic mass is 10.1. The number of hydrogen-bond acceptors (Lipinski definition) is 5. The minimum atomic E-state index is -0.0176. The maximum absolute atomic E-state index is 12.1. The molecule has 0 aliphatic carbocycles. The number of fused-ring (bicyclic) bond motifs is 1. The predicted molar refractivity (Wildman–Crippen MR) is 123 cm³/mol. The van der Waals surface area contributed by atoms with Crippen LogP contribution in [0.5, 0.6) is 0 Å². The average molecular weight is 423 g/mol. The molecule has 0 saturated carbocycles. The number of hydrogen-bond donors (Lipinski definition) is 3. The van der Waals surface area contributed by atoms with Gasteiger partial charge in [-0.15, -0.1) is 11.8 Å². The van der Waals surface area contributed by atoms with Crippen LogP contribution < -0.4 is 16.4 Å². The highest BCUT2D eigenvalue weighted by atomic mass is 32.2. The number of nitrogen functional groups attached to an aromatic ring is 1. The van der Waals surface area contributed by atoms with E-state index in [0.717, 1.165) is 35.1 Å². The Morgan fingerprint density at radius 1 is 0.967 bits per heavy atom. The van der Waals surface area contributed by atoms with Crippen LogP contribution in [0.4, 0.5) is 11.4 Å². The smallest absolute Gasteiger partial charge is 0.230 e. The average Bonchev–Trinajstić information content (AvgIpc) is 2.75. The standard InChI is InChI=1S/C23H26N4O2S/c24-18-9-11-20(12-10-18)30-16-23(29)25-13-5-1-2-8-22(28)27-19-14-17-6-3-4-7-21(17)26-15-19/h3-4,6-7,9-12,14-15H,1-2,5,8,13,16,24H2,(H,25,29)(H,27,28). The number of benzene rings is 2. The molecule has 2 aromatic carbocycles. The molecule has 0 atom stereocenters. The third-order valence-corrected chi connectivity index (χ3v) is 5.54. The number of para-hydroxylation sites is 1. The summed E-state index contributed by atoms with van der Waals surface area (Å²) in [5.41, 5.74) is 7.98. The molecule has 1 aromatic heterocycles. The van der Waals surface area contributed by atoms with Crippen LogP contribution in [-0.2, 0) is 9.59 Å². The van der Waals surface area contributed by atoms with E-state index in [9.17, 15) is 9.59 Å². The highest BCUT2D eigenvalue weighted by molar-refractivity contribution is 8.00. The van der Waals surface area contributed by atoms with Gasteiger partial charge in [-0.1, -0.05) is 24.6 Å². The number of nitrogens with zero attached hydrogens (tertiary/aromatic N) is 1. The quantitative estimate of drug-likeness (QED) is 0.258. The third-order valence-electron chi connectivity index (χ3n) is 4.53. The zero-order valence-electron chi connectivity index (χ0n) is 16.8. The van der Waals surface area contributed by atoms with Crippen molar-refractivity contribution in [3.05, 3.63) is 60.8 Å². The fourth-order valence-corrected chi connectivity index (χ4v) is 3.67. The number of amides is 2. The van der Waals surface area contributed by atoms with Gasteiger partial charge in [-0.25, -0.2) is 0 Å². The van der Waals surface area contributed by atoms with Crippen molar-refractivity contribution in [1.82, 2.24) is 10.3 Å². The normalized spacial score (nSPS) is 10.7. The first-order valence-electron chi connectivity index (χ1n) is 10.00. The summed E-state index contributed by atoms with van der Waals surface area (Å²) >= 11 is 1.49. The maximum atomic E-state index is 12.1. The number of anilines is 2. The number of pyridine rings is 1. The van der Waals surface area contributed by atoms with Crippen LogP contribution in [-0.4, -0.2) is 29.1 Å². The van der Waals surface area contributed by atoms with Crippen molar-refractivity contribution >= 4 is 45.9 Å². The van der Waals surface area contributed by atoms with Crippen molar-refractivity contribution in [1.29, 1.82) is 0 Å². The van der Waals surface area contributed by atoms with E-state index in [0.29, 0.717) is 30.1 Å². The van der Waals surface area contributed by atoms with Crippen molar-refractivity contribution < 1.29 is 9.59 Å². The van der Waals surface area contributed by atoms with E-state index in [1.807, 2.05) is 54.6 Å². The number of nitrogens with two attached hydrogens (primary N) is 1. The van der Waals surface area contributed by atoms with E-state index in [1.54, 1.807) is 6.20 Å². The second-order valence-corrected chi connectivity index (χ2v) is 8.03. The van der Waals surface area contributed by atoms with E-state index in [1.165, 1.54) is 11.8 Å². The Bertz CT molecular complexity index is 992. The summed E-state index contributed by atoms with van der Waals surface area (Å²) in [6, 6.07) is 17.2. The van der Waals surface area contributed by atoms with Crippen LogP contribution >= 0.6 is 11.8 Å². The Morgan fingerprint density at radius 2 is 1.77 bits per heavy atom. The molecule has 3 aromatic rings. The molecule has 4 N–H and O–H groups in total. The molecule has 0 radical (unpaired) electrons. The van der Waals surface area contributed by atoms with Crippen LogP contribution in [0.25, 0.3) is 10.9 Å². The SMILES string of the molecule is Nc1ccc(SCC(=O)NCCCCCC(=O)Nc2cnc3ccccc3c2)cc1. The largest absolute Gasteiger partial charge is 0.399 e. The molecule has 0 fully saturated rings. The summed E-state index contributed by atoms with van der Waals surface area (Å²) in [7, 11) is 0. The van der Waals surface area contributed by atoms with Crippen LogP contribution in [0.15, 0.2) is 65.7 Å². The second-order valence-electron chi connectivity index (χ2n) is 6.98. The van der Waals surface area contributed by atoms with Gasteiger partial charge in [0.1, 0.15) is 0 Å². The Kier molecular flexibility index (Phi) is 8.09. The van der Waals surface area contributed by atoms with Gasteiger partial charge in [0.2, 0.25) is 11.8 Å². The van der Waals surface area contributed by atoms with Gasteiger partial charge >= 0.3 is 0 Å². The monoisotopic (exact) mass is 422 g/mol. The number of nitrogens with one attached hydrogen (secondary N) is 2. The maximum Gasteiger partial charge on any atom is 0.230 e. The molecule has 0 unspecified atom stereocenters. The topological polar surface area (TPSA) is 97.1 Å². The van der Waals surface area contributed by atoms with E-state index in [2.05, 4.69) is 15.6 Å². The van der Waals surface area contributed by atoms with Gasteiger partial charge in [-0.2, -0.15) is 0 Å². The van der Waals surface area contributed by atoms with Crippen molar-refractivity contribution in [2.24, 2.45) is 0 Å². The molecule has 0 aliphatic rings. The first kappa shape index (κ1) is 21.6.